The summed E-state index contributed by atoms with van der Waals surface area (Å²) in [6, 6.07) is 14.3. The van der Waals surface area contributed by atoms with E-state index in [9.17, 15) is 4.79 Å². The lowest BCUT2D eigenvalue weighted by Crippen LogP contribution is -2.26. The molecule has 1 N–H and O–H groups in total. The minimum atomic E-state index is -0.750. The summed E-state index contributed by atoms with van der Waals surface area (Å²) in [5.74, 6) is 0.361. The number of amides is 1. The van der Waals surface area contributed by atoms with E-state index in [1.165, 1.54) is 6.21 Å². The van der Waals surface area contributed by atoms with Crippen LogP contribution in [-0.2, 0) is 9.63 Å². The highest BCUT2D eigenvalue weighted by atomic mass is 35.5. The number of hydrogen-bond acceptors (Lipinski definition) is 4. The molecule has 0 saturated carbocycles. The van der Waals surface area contributed by atoms with Gasteiger partial charge in [-0.15, -0.1) is 0 Å². The maximum atomic E-state index is 12.0. The highest BCUT2D eigenvalue weighted by Crippen LogP contribution is 2.16. The van der Waals surface area contributed by atoms with Gasteiger partial charge >= 0.3 is 0 Å². The standard InChI is InChI=1S/C17H17ClN2O3/c1-12(17(21)20-15-8-5-7-14(18)10-15)23-19-11-13-6-3-4-9-16(13)22-2/h3-12H,1-2H3,(H,20,21)/b19-11-/t12-/m1/s1. The molecule has 2 aromatic carbocycles. The summed E-state index contributed by atoms with van der Waals surface area (Å²) in [5, 5.41) is 7.09. The van der Waals surface area contributed by atoms with Crippen LogP contribution < -0.4 is 10.1 Å². The van der Waals surface area contributed by atoms with Gasteiger partial charge in [-0.2, -0.15) is 0 Å². The summed E-state index contributed by atoms with van der Waals surface area (Å²) in [4.78, 5) is 17.2. The predicted molar refractivity (Wildman–Crippen MR) is 91.2 cm³/mol. The topological polar surface area (TPSA) is 59.9 Å². The zero-order valence-electron chi connectivity index (χ0n) is 12.8. The third-order valence-corrected chi connectivity index (χ3v) is 3.25. The average molecular weight is 333 g/mol. The van der Waals surface area contributed by atoms with E-state index in [0.29, 0.717) is 16.5 Å². The second kappa shape index (κ2) is 8.19. The van der Waals surface area contributed by atoms with Gasteiger partial charge in [-0.1, -0.05) is 35.0 Å². The Balaban J connectivity index is 1.92. The van der Waals surface area contributed by atoms with E-state index in [-0.39, 0.29) is 5.91 Å². The van der Waals surface area contributed by atoms with Crippen LogP contribution in [0.1, 0.15) is 12.5 Å². The second-order valence-electron chi connectivity index (χ2n) is 4.72. The van der Waals surface area contributed by atoms with Crippen LogP contribution in [0, 0.1) is 0 Å². The Kier molecular flexibility index (Phi) is 6.00. The van der Waals surface area contributed by atoms with Crippen molar-refractivity contribution in [1.82, 2.24) is 0 Å². The molecule has 0 bridgehead atoms. The molecule has 0 unspecified atom stereocenters. The van der Waals surface area contributed by atoms with Gasteiger partial charge in [-0.3, -0.25) is 4.79 Å². The van der Waals surface area contributed by atoms with Crippen LogP contribution in [0.3, 0.4) is 0 Å². The number of nitrogens with zero attached hydrogens (tertiary/aromatic N) is 1. The van der Waals surface area contributed by atoms with Gasteiger partial charge in [0.05, 0.1) is 13.3 Å². The van der Waals surface area contributed by atoms with E-state index in [2.05, 4.69) is 10.5 Å². The van der Waals surface area contributed by atoms with Crippen molar-refractivity contribution in [2.24, 2.45) is 5.16 Å². The molecule has 0 aliphatic heterocycles. The number of halogens is 1. The van der Waals surface area contributed by atoms with Gasteiger partial charge in [-0.25, -0.2) is 0 Å². The number of hydrogen-bond donors (Lipinski definition) is 1. The fraction of sp³-hybridized carbons (Fsp3) is 0.176. The molecule has 2 aromatic rings. The van der Waals surface area contributed by atoms with E-state index in [1.807, 2.05) is 24.3 Å². The molecule has 0 heterocycles. The van der Waals surface area contributed by atoms with Gasteiger partial charge in [0.2, 0.25) is 6.10 Å². The van der Waals surface area contributed by atoms with Gasteiger partial charge in [0.1, 0.15) is 5.75 Å². The molecule has 0 radical (unpaired) electrons. The Morgan fingerprint density at radius 3 is 2.78 bits per heavy atom. The van der Waals surface area contributed by atoms with Crippen LogP contribution in [0.2, 0.25) is 5.02 Å². The van der Waals surface area contributed by atoms with Crippen molar-refractivity contribution in [2.45, 2.75) is 13.0 Å². The molecule has 0 aliphatic carbocycles. The second-order valence-corrected chi connectivity index (χ2v) is 5.16. The Labute approximate surface area is 139 Å². The Bertz CT molecular complexity index is 704. The number of rotatable bonds is 6. The number of carbonyl (C=O) groups is 1. The van der Waals surface area contributed by atoms with Crippen molar-refractivity contribution < 1.29 is 14.4 Å². The molecule has 0 aromatic heterocycles. The van der Waals surface area contributed by atoms with Crippen LogP contribution in [0.4, 0.5) is 5.69 Å². The average Bonchev–Trinajstić information content (AvgIpc) is 2.55. The monoisotopic (exact) mass is 332 g/mol. The third-order valence-electron chi connectivity index (χ3n) is 3.01. The van der Waals surface area contributed by atoms with Crippen molar-refractivity contribution in [3.05, 3.63) is 59.1 Å². The highest BCUT2D eigenvalue weighted by molar-refractivity contribution is 6.30. The Morgan fingerprint density at radius 2 is 2.04 bits per heavy atom. The summed E-state index contributed by atoms with van der Waals surface area (Å²) in [6.07, 6.45) is 0.752. The molecular weight excluding hydrogens is 316 g/mol. The van der Waals surface area contributed by atoms with Gasteiger partial charge in [-0.05, 0) is 37.3 Å². The number of carbonyl (C=O) groups excluding carboxylic acids is 1. The first-order valence-corrected chi connectivity index (χ1v) is 7.36. The van der Waals surface area contributed by atoms with Crippen molar-refractivity contribution in [3.8, 4) is 5.75 Å². The molecule has 2 rings (SSSR count). The fourth-order valence-electron chi connectivity index (χ4n) is 1.81. The van der Waals surface area contributed by atoms with Crippen LogP contribution in [0.5, 0.6) is 5.75 Å². The van der Waals surface area contributed by atoms with Gasteiger partial charge in [0.15, 0.2) is 0 Å². The molecule has 0 spiro atoms. The molecule has 120 valence electrons. The first kappa shape index (κ1) is 16.8. The quantitative estimate of drug-likeness (QED) is 0.647. The molecule has 23 heavy (non-hydrogen) atoms. The third kappa shape index (κ3) is 5.00. The predicted octanol–water partition coefficient (Wildman–Crippen LogP) is 3.73. The molecule has 1 atom stereocenters. The Hall–Kier alpha value is -2.53. The lowest BCUT2D eigenvalue weighted by Gasteiger charge is -2.10. The Morgan fingerprint density at radius 1 is 1.26 bits per heavy atom. The molecule has 6 heteroatoms. The normalized spacial score (nSPS) is 12.0. The molecule has 0 saturated heterocycles. The number of anilines is 1. The molecule has 5 nitrogen and oxygen atoms in total. The van der Waals surface area contributed by atoms with Crippen LogP contribution in [0.15, 0.2) is 53.7 Å². The number of para-hydroxylation sites is 1. The summed E-state index contributed by atoms with van der Waals surface area (Å²) in [7, 11) is 1.58. The first-order chi connectivity index (χ1) is 11.1. The maximum Gasteiger partial charge on any atom is 0.267 e. The number of methoxy groups -OCH3 is 1. The fourth-order valence-corrected chi connectivity index (χ4v) is 2.00. The molecule has 1 amide bonds. The van der Waals surface area contributed by atoms with E-state index >= 15 is 0 Å². The van der Waals surface area contributed by atoms with Gasteiger partial charge in [0, 0.05) is 16.3 Å². The molecule has 0 fully saturated rings. The van der Waals surface area contributed by atoms with Gasteiger partial charge < -0.3 is 14.9 Å². The van der Waals surface area contributed by atoms with Crippen LogP contribution in [0.25, 0.3) is 0 Å². The van der Waals surface area contributed by atoms with Crippen molar-refractivity contribution in [2.75, 3.05) is 12.4 Å². The largest absolute Gasteiger partial charge is 0.496 e. The number of benzene rings is 2. The smallest absolute Gasteiger partial charge is 0.267 e. The summed E-state index contributed by atoms with van der Waals surface area (Å²) >= 11 is 5.87. The van der Waals surface area contributed by atoms with Crippen LogP contribution in [-0.4, -0.2) is 25.3 Å². The van der Waals surface area contributed by atoms with Crippen LogP contribution >= 0.6 is 11.6 Å². The number of nitrogens with one attached hydrogen (secondary N) is 1. The van der Waals surface area contributed by atoms with Crippen molar-refractivity contribution in [3.63, 3.8) is 0 Å². The zero-order chi connectivity index (χ0) is 16.7. The lowest BCUT2D eigenvalue weighted by atomic mass is 10.2. The molecular formula is C17H17ClN2O3. The van der Waals surface area contributed by atoms with E-state index in [0.717, 1.165) is 5.56 Å². The van der Waals surface area contributed by atoms with Crippen molar-refractivity contribution >= 4 is 29.4 Å². The van der Waals surface area contributed by atoms with E-state index < -0.39 is 6.10 Å². The first-order valence-electron chi connectivity index (χ1n) is 6.99. The maximum absolute atomic E-state index is 12.0. The highest BCUT2D eigenvalue weighted by Gasteiger charge is 2.14. The number of oxime groups is 1. The zero-order valence-corrected chi connectivity index (χ0v) is 13.6. The summed E-state index contributed by atoms with van der Waals surface area (Å²) in [5.41, 5.74) is 1.36. The van der Waals surface area contributed by atoms with Gasteiger partial charge in [0.25, 0.3) is 5.91 Å². The summed E-state index contributed by atoms with van der Waals surface area (Å²) < 4.78 is 5.20. The summed E-state index contributed by atoms with van der Waals surface area (Å²) in [6.45, 7) is 1.61. The lowest BCUT2D eigenvalue weighted by molar-refractivity contribution is -0.126. The minimum Gasteiger partial charge on any atom is -0.496 e. The number of ether oxygens (including phenoxy) is 1. The van der Waals surface area contributed by atoms with Crippen molar-refractivity contribution in [1.29, 1.82) is 0 Å². The SMILES string of the molecule is COc1ccccc1/C=N\O[C@H](C)C(=O)Nc1cccc(Cl)c1. The molecule has 0 aliphatic rings. The van der Waals surface area contributed by atoms with E-state index in [1.54, 1.807) is 38.3 Å². The van der Waals surface area contributed by atoms with E-state index in [4.69, 9.17) is 21.2 Å². The minimum absolute atomic E-state index is 0.315.